The van der Waals surface area contributed by atoms with Gasteiger partial charge in [0.1, 0.15) is 0 Å². The molecule has 0 saturated heterocycles. The summed E-state index contributed by atoms with van der Waals surface area (Å²) in [6.07, 6.45) is 3.60. The molecule has 0 unspecified atom stereocenters. The van der Waals surface area contributed by atoms with E-state index in [4.69, 9.17) is 0 Å². The molecule has 2 fully saturated rings. The van der Waals surface area contributed by atoms with Gasteiger partial charge < -0.3 is 5.32 Å². The normalized spacial score (nSPS) is 39.4. The number of fused-ring (bicyclic) bond motifs is 2. The molecule has 0 aromatic heterocycles. The largest absolute Gasteiger partial charge is 0.351 e. The third kappa shape index (κ3) is 1.90. The molecule has 3 atom stereocenters. The summed E-state index contributed by atoms with van der Waals surface area (Å²) in [4.78, 5) is 12.4. The summed E-state index contributed by atoms with van der Waals surface area (Å²) in [5, 5.41) is 3.16. The quantitative estimate of drug-likeness (QED) is 0.744. The molecule has 98 valence electrons. The van der Waals surface area contributed by atoms with Crippen molar-refractivity contribution < 1.29 is 4.79 Å². The van der Waals surface area contributed by atoms with Gasteiger partial charge in [-0.15, -0.1) is 0 Å². The summed E-state index contributed by atoms with van der Waals surface area (Å²) in [6.45, 7) is 13.3. The van der Waals surface area contributed by atoms with E-state index in [1.165, 1.54) is 12.8 Å². The Bertz CT molecular complexity index is 337. The molecule has 0 aromatic carbocycles. The molecule has 0 spiro atoms. The van der Waals surface area contributed by atoms with Gasteiger partial charge >= 0.3 is 0 Å². The highest BCUT2D eigenvalue weighted by Crippen LogP contribution is 2.67. The maximum atomic E-state index is 12.4. The van der Waals surface area contributed by atoms with Gasteiger partial charge in [-0.2, -0.15) is 0 Å². The van der Waals surface area contributed by atoms with Crippen LogP contribution in [0.2, 0.25) is 0 Å². The van der Waals surface area contributed by atoms with Crippen LogP contribution in [0.4, 0.5) is 0 Å². The first-order chi connectivity index (χ1) is 7.57. The lowest BCUT2D eigenvalue weighted by Gasteiger charge is -2.34. The lowest BCUT2D eigenvalue weighted by Crippen LogP contribution is -2.45. The highest BCUT2D eigenvalue weighted by molar-refractivity contribution is 5.80. The Morgan fingerprint density at radius 3 is 2.18 bits per heavy atom. The van der Waals surface area contributed by atoms with Crippen LogP contribution in [0.25, 0.3) is 0 Å². The third-order valence-corrected chi connectivity index (χ3v) is 5.48. The van der Waals surface area contributed by atoms with E-state index in [9.17, 15) is 4.79 Å². The van der Waals surface area contributed by atoms with Gasteiger partial charge in [0.2, 0.25) is 5.91 Å². The average Bonchev–Trinajstić information content (AvgIpc) is 2.45. The molecule has 17 heavy (non-hydrogen) atoms. The number of nitrogens with one attached hydrogen (secondary N) is 1. The summed E-state index contributed by atoms with van der Waals surface area (Å²) >= 11 is 0. The van der Waals surface area contributed by atoms with Crippen LogP contribution < -0.4 is 5.32 Å². The van der Waals surface area contributed by atoms with Crippen molar-refractivity contribution in [3.8, 4) is 0 Å². The van der Waals surface area contributed by atoms with Crippen LogP contribution in [0.5, 0.6) is 0 Å². The van der Waals surface area contributed by atoms with Gasteiger partial charge in [-0.1, -0.05) is 20.8 Å². The van der Waals surface area contributed by atoms with E-state index >= 15 is 0 Å². The Hall–Kier alpha value is -0.530. The van der Waals surface area contributed by atoms with Crippen LogP contribution in [0.1, 0.15) is 60.8 Å². The smallest absolute Gasteiger partial charge is 0.223 e. The van der Waals surface area contributed by atoms with Gasteiger partial charge in [0.25, 0.3) is 0 Å². The van der Waals surface area contributed by atoms with Gasteiger partial charge in [-0.3, -0.25) is 4.79 Å². The number of amides is 1. The van der Waals surface area contributed by atoms with Crippen molar-refractivity contribution in [1.29, 1.82) is 0 Å². The monoisotopic (exact) mass is 237 g/mol. The molecule has 1 N–H and O–H groups in total. The Labute approximate surface area is 106 Å². The SMILES string of the molecule is CC(C)(C)NC(=O)[C@H]1C[C@@]2(C)CC[C@@H]1C2(C)C. The average molecular weight is 237 g/mol. The number of hydrogen-bond acceptors (Lipinski definition) is 1. The summed E-state index contributed by atoms with van der Waals surface area (Å²) in [7, 11) is 0. The minimum Gasteiger partial charge on any atom is -0.351 e. The van der Waals surface area contributed by atoms with Gasteiger partial charge in [-0.05, 0) is 56.8 Å². The van der Waals surface area contributed by atoms with Crippen molar-refractivity contribution in [3.05, 3.63) is 0 Å². The van der Waals surface area contributed by atoms with Crippen LogP contribution in [-0.2, 0) is 4.79 Å². The number of rotatable bonds is 1. The summed E-state index contributed by atoms with van der Waals surface area (Å²) in [6, 6.07) is 0. The summed E-state index contributed by atoms with van der Waals surface area (Å²) in [5.41, 5.74) is 0.592. The number of carbonyl (C=O) groups is 1. The first-order valence-corrected chi connectivity index (χ1v) is 6.89. The van der Waals surface area contributed by atoms with Crippen LogP contribution in [0.3, 0.4) is 0 Å². The maximum absolute atomic E-state index is 12.4. The lowest BCUT2D eigenvalue weighted by atomic mass is 9.71. The molecule has 2 nitrogen and oxygen atoms in total. The van der Waals surface area contributed by atoms with Crippen LogP contribution in [0, 0.1) is 22.7 Å². The first kappa shape index (κ1) is 12.9. The Morgan fingerprint density at radius 1 is 1.24 bits per heavy atom. The zero-order chi connectivity index (χ0) is 13.1. The second-order valence-electron chi connectivity index (χ2n) is 7.98. The predicted octanol–water partition coefficient (Wildman–Crippen LogP) is 3.36. The molecule has 0 radical (unpaired) electrons. The van der Waals surface area contributed by atoms with E-state index in [0.29, 0.717) is 16.7 Å². The fraction of sp³-hybridized carbons (Fsp3) is 0.933. The van der Waals surface area contributed by atoms with Crippen LogP contribution >= 0.6 is 0 Å². The molecule has 2 aliphatic rings. The molecule has 2 bridgehead atoms. The molecule has 1 amide bonds. The third-order valence-electron chi connectivity index (χ3n) is 5.48. The van der Waals surface area contributed by atoms with Crippen molar-refractivity contribution in [1.82, 2.24) is 5.32 Å². The lowest BCUT2D eigenvalue weighted by molar-refractivity contribution is -0.128. The van der Waals surface area contributed by atoms with Gasteiger partial charge in [0, 0.05) is 11.5 Å². The van der Waals surface area contributed by atoms with E-state index < -0.39 is 0 Å². The molecular weight excluding hydrogens is 210 g/mol. The Balaban J connectivity index is 2.15. The van der Waals surface area contributed by atoms with E-state index in [1.54, 1.807) is 0 Å². The predicted molar refractivity (Wildman–Crippen MR) is 70.6 cm³/mol. The summed E-state index contributed by atoms with van der Waals surface area (Å²) in [5.74, 6) is 1.09. The zero-order valence-electron chi connectivity index (χ0n) is 12.2. The molecule has 0 heterocycles. The molecule has 2 rings (SSSR count). The van der Waals surface area contributed by atoms with Gasteiger partial charge in [-0.25, -0.2) is 0 Å². The second-order valence-corrected chi connectivity index (χ2v) is 7.98. The summed E-state index contributed by atoms with van der Waals surface area (Å²) < 4.78 is 0. The Morgan fingerprint density at radius 2 is 1.82 bits per heavy atom. The van der Waals surface area contributed by atoms with Crippen molar-refractivity contribution in [2.24, 2.45) is 22.7 Å². The number of hydrogen-bond donors (Lipinski definition) is 1. The fourth-order valence-corrected chi connectivity index (χ4v) is 4.04. The van der Waals surface area contributed by atoms with Crippen LogP contribution in [-0.4, -0.2) is 11.4 Å². The molecule has 2 saturated carbocycles. The van der Waals surface area contributed by atoms with Crippen molar-refractivity contribution in [3.63, 3.8) is 0 Å². The second kappa shape index (κ2) is 3.49. The van der Waals surface area contributed by atoms with Gasteiger partial charge in [0.05, 0.1) is 0 Å². The zero-order valence-corrected chi connectivity index (χ0v) is 12.2. The molecule has 2 heteroatoms. The number of carbonyl (C=O) groups excluding carboxylic acids is 1. The fourth-order valence-electron chi connectivity index (χ4n) is 4.04. The van der Waals surface area contributed by atoms with E-state index in [0.717, 1.165) is 6.42 Å². The van der Waals surface area contributed by atoms with Crippen molar-refractivity contribution in [2.75, 3.05) is 0 Å². The first-order valence-electron chi connectivity index (χ1n) is 6.89. The molecule has 0 aromatic rings. The standard InChI is InChI=1S/C15H27NO/c1-13(2,3)16-12(17)10-9-15(6)8-7-11(10)14(15,4)5/h10-11H,7-9H2,1-6H3,(H,16,17)/t10-,11-,15+/m0/s1. The maximum Gasteiger partial charge on any atom is 0.223 e. The molecule has 2 aliphatic carbocycles. The topological polar surface area (TPSA) is 29.1 Å². The Kier molecular flexibility index (Phi) is 2.65. The minimum absolute atomic E-state index is 0.107. The van der Waals surface area contributed by atoms with Crippen LogP contribution in [0.15, 0.2) is 0 Å². The minimum atomic E-state index is -0.107. The highest BCUT2D eigenvalue weighted by atomic mass is 16.2. The highest BCUT2D eigenvalue weighted by Gasteiger charge is 2.62. The van der Waals surface area contributed by atoms with Crippen molar-refractivity contribution in [2.45, 2.75) is 66.3 Å². The van der Waals surface area contributed by atoms with E-state index in [-0.39, 0.29) is 17.4 Å². The van der Waals surface area contributed by atoms with E-state index in [1.807, 2.05) is 0 Å². The van der Waals surface area contributed by atoms with Gasteiger partial charge in [0.15, 0.2) is 0 Å². The van der Waals surface area contributed by atoms with Crippen molar-refractivity contribution >= 4 is 5.91 Å². The molecular formula is C15H27NO. The van der Waals surface area contributed by atoms with E-state index in [2.05, 4.69) is 46.9 Å². The molecule has 0 aliphatic heterocycles.